The highest BCUT2D eigenvalue weighted by molar-refractivity contribution is 5.53. The predicted molar refractivity (Wildman–Crippen MR) is 83.7 cm³/mol. The molecule has 108 valence electrons. The van der Waals surface area contributed by atoms with Crippen molar-refractivity contribution >= 4 is 5.69 Å². The van der Waals surface area contributed by atoms with Crippen molar-refractivity contribution in [1.82, 2.24) is 10.3 Å². The molecular formula is C16H29N3. The zero-order chi connectivity index (χ0) is 14.5. The molecule has 1 aromatic heterocycles. The van der Waals surface area contributed by atoms with Crippen molar-refractivity contribution in [2.45, 2.75) is 60.0 Å². The first kappa shape index (κ1) is 16.0. The van der Waals surface area contributed by atoms with Crippen molar-refractivity contribution in [3.05, 3.63) is 23.5 Å². The molecule has 1 heterocycles. The third-order valence-corrected chi connectivity index (χ3v) is 3.12. The third-order valence-electron chi connectivity index (χ3n) is 3.12. The molecule has 0 radical (unpaired) electrons. The lowest BCUT2D eigenvalue weighted by Crippen LogP contribution is -2.36. The van der Waals surface area contributed by atoms with Crippen molar-refractivity contribution in [3.8, 4) is 0 Å². The second-order valence-electron chi connectivity index (χ2n) is 6.14. The van der Waals surface area contributed by atoms with Crippen molar-refractivity contribution in [2.75, 3.05) is 18.0 Å². The van der Waals surface area contributed by atoms with Gasteiger partial charge in [-0.15, -0.1) is 0 Å². The number of nitrogens with zero attached hydrogens (tertiary/aromatic N) is 2. The van der Waals surface area contributed by atoms with Gasteiger partial charge >= 0.3 is 0 Å². The van der Waals surface area contributed by atoms with E-state index in [4.69, 9.17) is 0 Å². The SMILES string of the molecule is CCCN(CC)c1cc(C)ncc1CNC(C)(C)C. The number of pyridine rings is 1. The fourth-order valence-electron chi connectivity index (χ4n) is 2.08. The van der Waals surface area contributed by atoms with Crippen LogP contribution in [0.3, 0.4) is 0 Å². The Morgan fingerprint density at radius 2 is 1.95 bits per heavy atom. The quantitative estimate of drug-likeness (QED) is 0.851. The summed E-state index contributed by atoms with van der Waals surface area (Å²) in [7, 11) is 0. The minimum absolute atomic E-state index is 0.129. The summed E-state index contributed by atoms with van der Waals surface area (Å²) in [5.41, 5.74) is 3.83. The molecule has 1 rings (SSSR count). The van der Waals surface area contributed by atoms with Gasteiger partial charge in [-0.05, 0) is 47.1 Å². The van der Waals surface area contributed by atoms with Crippen molar-refractivity contribution in [1.29, 1.82) is 0 Å². The predicted octanol–water partition coefficient (Wildman–Crippen LogP) is 3.51. The van der Waals surface area contributed by atoms with E-state index in [9.17, 15) is 0 Å². The van der Waals surface area contributed by atoms with E-state index in [1.165, 1.54) is 17.7 Å². The molecule has 0 unspecified atom stereocenters. The zero-order valence-electron chi connectivity index (χ0n) is 13.4. The Kier molecular flexibility index (Phi) is 5.80. The molecule has 0 aromatic carbocycles. The van der Waals surface area contributed by atoms with E-state index >= 15 is 0 Å². The normalized spacial score (nSPS) is 11.7. The Bertz CT molecular complexity index is 393. The molecule has 1 N–H and O–H groups in total. The van der Waals surface area contributed by atoms with Crippen LogP contribution in [0.1, 0.15) is 52.3 Å². The first-order valence-corrected chi connectivity index (χ1v) is 7.33. The number of hydrogen-bond acceptors (Lipinski definition) is 3. The van der Waals surface area contributed by atoms with Gasteiger partial charge in [0.25, 0.3) is 0 Å². The van der Waals surface area contributed by atoms with Crippen LogP contribution in [0.25, 0.3) is 0 Å². The second-order valence-corrected chi connectivity index (χ2v) is 6.14. The standard InChI is InChI=1S/C16H29N3/c1-7-9-19(8-2)15-10-13(3)17-11-14(15)12-18-16(4,5)6/h10-11,18H,7-9,12H2,1-6H3. The molecule has 19 heavy (non-hydrogen) atoms. The average Bonchev–Trinajstić information content (AvgIpc) is 2.33. The van der Waals surface area contributed by atoms with Crippen LogP contribution >= 0.6 is 0 Å². The molecular weight excluding hydrogens is 234 g/mol. The summed E-state index contributed by atoms with van der Waals surface area (Å²) in [6.45, 7) is 16.1. The highest BCUT2D eigenvalue weighted by Crippen LogP contribution is 2.21. The fraction of sp³-hybridized carbons (Fsp3) is 0.688. The van der Waals surface area contributed by atoms with E-state index in [-0.39, 0.29) is 5.54 Å². The molecule has 0 bridgehead atoms. The van der Waals surface area contributed by atoms with Gasteiger partial charge in [-0.25, -0.2) is 0 Å². The van der Waals surface area contributed by atoms with Gasteiger partial charge in [0.1, 0.15) is 0 Å². The maximum atomic E-state index is 4.45. The van der Waals surface area contributed by atoms with Crippen molar-refractivity contribution in [3.63, 3.8) is 0 Å². The summed E-state index contributed by atoms with van der Waals surface area (Å²) in [6, 6.07) is 2.21. The van der Waals surface area contributed by atoms with Crippen LogP contribution in [0.2, 0.25) is 0 Å². The Labute approximate surface area is 118 Å². The van der Waals surface area contributed by atoms with Gasteiger partial charge < -0.3 is 10.2 Å². The van der Waals surface area contributed by atoms with E-state index < -0.39 is 0 Å². The molecule has 1 aromatic rings. The Hall–Kier alpha value is -1.09. The van der Waals surface area contributed by atoms with Crippen LogP contribution in [-0.4, -0.2) is 23.6 Å². The fourth-order valence-corrected chi connectivity index (χ4v) is 2.08. The lowest BCUT2D eigenvalue weighted by Gasteiger charge is -2.27. The maximum absolute atomic E-state index is 4.45. The largest absolute Gasteiger partial charge is 0.371 e. The molecule has 0 aliphatic carbocycles. The molecule has 3 heteroatoms. The Balaban J connectivity index is 2.96. The van der Waals surface area contributed by atoms with Crippen LogP contribution in [0.5, 0.6) is 0 Å². The molecule has 0 spiro atoms. The number of aryl methyl sites for hydroxylation is 1. The molecule has 0 aliphatic rings. The van der Waals surface area contributed by atoms with Crippen LogP contribution in [-0.2, 0) is 6.54 Å². The minimum Gasteiger partial charge on any atom is -0.371 e. The van der Waals surface area contributed by atoms with Gasteiger partial charge in [0.2, 0.25) is 0 Å². The summed E-state index contributed by atoms with van der Waals surface area (Å²) in [5.74, 6) is 0. The first-order chi connectivity index (χ1) is 8.87. The molecule has 0 saturated carbocycles. The molecule has 0 fully saturated rings. The molecule has 3 nitrogen and oxygen atoms in total. The van der Waals surface area contributed by atoms with E-state index in [0.29, 0.717) is 0 Å². The number of nitrogens with one attached hydrogen (secondary N) is 1. The van der Waals surface area contributed by atoms with Crippen LogP contribution in [0.4, 0.5) is 5.69 Å². The van der Waals surface area contributed by atoms with Gasteiger partial charge in [-0.2, -0.15) is 0 Å². The third kappa shape index (κ3) is 5.19. The summed E-state index contributed by atoms with van der Waals surface area (Å²) in [5, 5.41) is 3.55. The Morgan fingerprint density at radius 1 is 1.26 bits per heavy atom. The zero-order valence-corrected chi connectivity index (χ0v) is 13.4. The van der Waals surface area contributed by atoms with Crippen molar-refractivity contribution < 1.29 is 0 Å². The monoisotopic (exact) mass is 263 g/mol. The van der Waals surface area contributed by atoms with Gasteiger partial charge in [0.05, 0.1) is 0 Å². The Morgan fingerprint density at radius 3 is 2.47 bits per heavy atom. The first-order valence-electron chi connectivity index (χ1n) is 7.33. The van der Waals surface area contributed by atoms with Gasteiger partial charge in [0.15, 0.2) is 0 Å². The summed E-state index contributed by atoms with van der Waals surface area (Å²) < 4.78 is 0. The maximum Gasteiger partial charge on any atom is 0.0445 e. The van der Waals surface area contributed by atoms with Crippen LogP contribution in [0.15, 0.2) is 12.3 Å². The van der Waals surface area contributed by atoms with Gasteiger partial charge in [0, 0.05) is 48.3 Å². The molecule has 0 amide bonds. The van der Waals surface area contributed by atoms with Crippen molar-refractivity contribution in [2.24, 2.45) is 0 Å². The van der Waals surface area contributed by atoms with Gasteiger partial charge in [-0.1, -0.05) is 6.92 Å². The topological polar surface area (TPSA) is 28.2 Å². The van der Waals surface area contributed by atoms with Crippen LogP contribution < -0.4 is 10.2 Å². The summed E-state index contributed by atoms with van der Waals surface area (Å²) in [6.07, 6.45) is 3.18. The van der Waals surface area contributed by atoms with E-state index in [1.807, 2.05) is 6.20 Å². The average molecular weight is 263 g/mol. The van der Waals surface area contributed by atoms with E-state index in [1.54, 1.807) is 0 Å². The molecule has 0 saturated heterocycles. The second kappa shape index (κ2) is 6.90. The minimum atomic E-state index is 0.129. The van der Waals surface area contributed by atoms with E-state index in [2.05, 4.69) is 62.8 Å². The van der Waals surface area contributed by atoms with Crippen LogP contribution in [0, 0.1) is 6.92 Å². The summed E-state index contributed by atoms with van der Waals surface area (Å²) >= 11 is 0. The van der Waals surface area contributed by atoms with Gasteiger partial charge in [-0.3, -0.25) is 4.98 Å². The lowest BCUT2D eigenvalue weighted by molar-refractivity contribution is 0.424. The molecule has 0 aliphatic heterocycles. The number of anilines is 1. The number of rotatable bonds is 6. The van der Waals surface area contributed by atoms with E-state index in [0.717, 1.165) is 25.3 Å². The molecule has 0 atom stereocenters. The highest BCUT2D eigenvalue weighted by atomic mass is 15.1. The lowest BCUT2D eigenvalue weighted by atomic mass is 10.1. The highest BCUT2D eigenvalue weighted by Gasteiger charge is 2.13. The number of aromatic nitrogens is 1. The smallest absolute Gasteiger partial charge is 0.0445 e. The number of hydrogen-bond donors (Lipinski definition) is 1. The summed E-state index contributed by atoms with van der Waals surface area (Å²) in [4.78, 5) is 6.89.